The maximum atomic E-state index is 12.3. The number of likely N-dealkylation sites (N-methyl/N-ethyl adjacent to an activating group) is 1. The fourth-order valence-electron chi connectivity index (χ4n) is 1.97. The fourth-order valence-corrected chi connectivity index (χ4v) is 1.97. The second-order valence-electron chi connectivity index (χ2n) is 4.50. The number of nitrogens with zero attached hydrogens (tertiary/aromatic N) is 1. The number of benzene rings is 1. The highest BCUT2D eigenvalue weighted by molar-refractivity contribution is 5.96. The van der Waals surface area contributed by atoms with Gasteiger partial charge in [0.2, 0.25) is 0 Å². The molecular weight excluding hydrogens is 242 g/mol. The number of carbonyl (C=O) groups excluding carboxylic acids is 2. The SMILES string of the molecule is CCOC(=O)CN(CC)C(=O)c1cc(C)cc(C)c1. The second-order valence-corrected chi connectivity index (χ2v) is 4.50. The molecule has 0 saturated carbocycles. The number of hydrogen-bond donors (Lipinski definition) is 0. The molecule has 104 valence electrons. The summed E-state index contributed by atoms with van der Waals surface area (Å²) in [5.74, 6) is -0.510. The summed E-state index contributed by atoms with van der Waals surface area (Å²) in [5, 5.41) is 0. The van der Waals surface area contributed by atoms with Crippen LogP contribution in [0.15, 0.2) is 18.2 Å². The van der Waals surface area contributed by atoms with Crippen molar-refractivity contribution in [3.05, 3.63) is 34.9 Å². The molecule has 0 aliphatic rings. The summed E-state index contributed by atoms with van der Waals surface area (Å²) in [5.41, 5.74) is 2.69. The lowest BCUT2D eigenvalue weighted by Crippen LogP contribution is -2.36. The Morgan fingerprint density at radius 3 is 2.16 bits per heavy atom. The highest BCUT2D eigenvalue weighted by atomic mass is 16.5. The van der Waals surface area contributed by atoms with Gasteiger partial charge in [-0.05, 0) is 39.8 Å². The Morgan fingerprint density at radius 1 is 1.11 bits per heavy atom. The molecule has 4 heteroatoms. The predicted octanol–water partition coefficient (Wildman–Crippen LogP) is 2.33. The number of ether oxygens (including phenoxy) is 1. The van der Waals surface area contributed by atoms with Crippen LogP contribution in [0.2, 0.25) is 0 Å². The van der Waals surface area contributed by atoms with Crippen LogP contribution >= 0.6 is 0 Å². The number of esters is 1. The quantitative estimate of drug-likeness (QED) is 0.766. The van der Waals surface area contributed by atoms with E-state index in [1.165, 1.54) is 4.90 Å². The van der Waals surface area contributed by atoms with Gasteiger partial charge in [0.15, 0.2) is 0 Å². The van der Waals surface area contributed by atoms with Crippen molar-refractivity contribution in [3.8, 4) is 0 Å². The van der Waals surface area contributed by atoms with Crippen LogP contribution in [-0.2, 0) is 9.53 Å². The maximum Gasteiger partial charge on any atom is 0.325 e. The van der Waals surface area contributed by atoms with Gasteiger partial charge in [-0.3, -0.25) is 9.59 Å². The molecule has 0 fully saturated rings. The second kappa shape index (κ2) is 6.92. The van der Waals surface area contributed by atoms with E-state index in [1.807, 2.05) is 39.0 Å². The number of amides is 1. The smallest absolute Gasteiger partial charge is 0.325 e. The van der Waals surface area contributed by atoms with E-state index >= 15 is 0 Å². The lowest BCUT2D eigenvalue weighted by Gasteiger charge is -2.20. The average Bonchev–Trinajstić information content (AvgIpc) is 2.34. The molecule has 0 atom stereocenters. The Bertz CT molecular complexity index is 448. The summed E-state index contributed by atoms with van der Waals surface area (Å²) in [6.45, 7) is 8.30. The van der Waals surface area contributed by atoms with Crippen LogP contribution in [-0.4, -0.2) is 36.5 Å². The van der Waals surface area contributed by atoms with Gasteiger partial charge in [0, 0.05) is 12.1 Å². The summed E-state index contributed by atoms with van der Waals surface area (Å²) < 4.78 is 4.87. The molecule has 1 rings (SSSR count). The first-order chi connectivity index (χ1) is 8.97. The molecule has 0 unspecified atom stereocenters. The van der Waals surface area contributed by atoms with Crippen molar-refractivity contribution < 1.29 is 14.3 Å². The summed E-state index contributed by atoms with van der Waals surface area (Å²) in [6, 6.07) is 5.69. The van der Waals surface area contributed by atoms with Crippen LogP contribution in [0.1, 0.15) is 35.3 Å². The standard InChI is InChI=1S/C15H21NO3/c1-5-16(10-14(17)19-6-2)15(18)13-8-11(3)7-12(4)9-13/h7-9H,5-6,10H2,1-4H3. The van der Waals surface area contributed by atoms with Gasteiger partial charge < -0.3 is 9.64 Å². The van der Waals surface area contributed by atoms with E-state index < -0.39 is 0 Å². The van der Waals surface area contributed by atoms with Crippen LogP contribution < -0.4 is 0 Å². The lowest BCUT2D eigenvalue weighted by molar-refractivity contribution is -0.143. The minimum Gasteiger partial charge on any atom is -0.465 e. The zero-order valence-corrected chi connectivity index (χ0v) is 12.0. The van der Waals surface area contributed by atoms with E-state index in [0.29, 0.717) is 18.7 Å². The molecule has 0 aliphatic carbocycles. The molecule has 1 aromatic carbocycles. The van der Waals surface area contributed by atoms with Gasteiger partial charge in [0.05, 0.1) is 6.61 Å². The van der Waals surface area contributed by atoms with Crippen molar-refractivity contribution >= 4 is 11.9 Å². The van der Waals surface area contributed by atoms with Crippen molar-refractivity contribution in [2.24, 2.45) is 0 Å². The molecule has 4 nitrogen and oxygen atoms in total. The molecule has 0 N–H and O–H groups in total. The number of aryl methyl sites for hydroxylation is 2. The molecule has 0 heterocycles. The highest BCUT2D eigenvalue weighted by Gasteiger charge is 2.18. The van der Waals surface area contributed by atoms with Gasteiger partial charge in [-0.25, -0.2) is 0 Å². The van der Waals surface area contributed by atoms with Crippen LogP contribution in [0, 0.1) is 13.8 Å². The number of rotatable bonds is 5. The number of hydrogen-bond acceptors (Lipinski definition) is 3. The molecule has 1 aromatic rings. The van der Waals surface area contributed by atoms with E-state index in [1.54, 1.807) is 6.92 Å². The molecule has 19 heavy (non-hydrogen) atoms. The average molecular weight is 263 g/mol. The van der Waals surface area contributed by atoms with Crippen molar-refractivity contribution in [1.29, 1.82) is 0 Å². The third kappa shape index (κ3) is 4.39. The number of carbonyl (C=O) groups is 2. The van der Waals surface area contributed by atoms with Crippen LogP contribution in [0.3, 0.4) is 0 Å². The molecule has 0 saturated heterocycles. The fraction of sp³-hybridized carbons (Fsp3) is 0.467. The van der Waals surface area contributed by atoms with Gasteiger partial charge >= 0.3 is 5.97 Å². The van der Waals surface area contributed by atoms with E-state index in [0.717, 1.165) is 11.1 Å². The van der Waals surface area contributed by atoms with E-state index in [2.05, 4.69) is 0 Å². The van der Waals surface area contributed by atoms with E-state index in [-0.39, 0.29) is 18.4 Å². The lowest BCUT2D eigenvalue weighted by atomic mass is 10.1. The Hall–Kier alpha value is -1.84. The zero-order valence-electron chi connectivity index (χ0n) is 12.0. The summed E-state index contributed by atoms with van der Waals surface area (Å²) in [4.78, 5) is 25.3. The van der Waals surface area contributed by atoms with Gasteiger partial charge in [-0.2, -0.15) is 0 Å². The van der Waals surface area contributed by atoms with Gasteiger partial charge in [-0.15, -0.1) is 0 Å². The first-order valence-electron chi connectivity index (χ1n) is 6.51. The minimum absolute atomic E-state index is 0.00381. The zero-order chi connectivity index (χ0) is 14.4. The van der Waals surface area contributed by atoms with Crippen LogP contribution in [0.4, 0.5) is 0 Å². The van der Waals surface area contributed by atoms with E-state index in [9.17, 15) is 9.59 Å². The topological polar surface area (TPSA) is 46.6 Å². The largest absolute Gasteiger partial charge is 0.465 e. The predicted molar refractivity (Wildman–Crippen MR) is 74.1 cm³/mol. The Morgan fingerprint density at radius 2 is 1.68 bits per heavy atom. The first kappa shape index (κ1) is 15.2. The van der Waals surface area contributed by atoms with Gasteiger partial charge in [0.1, 0.15) is 6.54 Å². The highest BCUT2D eigenvalue weighted by Crippen LogP contribution is 2.11. The molecule has 0 bridgehead atoms. The van der Waals surface area contributed by atoms with Gasteiger partial charge in [-0.1, -0.05) is 17.2 Å². The molecule has 0 spiro atoms. The van der Waals surface area contributed by atoms with Crippen molar-refractivity contribution in [3.63, 3.8) is 0 Å². The van der Waals surface area contributed by atoms with Crippen molar-refractivity contribution in [2.75, 3.05) is 19.7 Å². The molecule has 0 aromatic heterocycles. The third-order valence-electron chi connectivity index (χ3n) is 2.76. The monoisotopic (exact) mass is 263 g/mol. The Labute approximate surface area is 114 Å². The minimum atomic E-state index is -0.373. The first-order valence-corrected chi connectivity index (χ1v) is 6.51. The molecule has 1 amide bonds. The summed E-state index contributed by atoms with van der Waals surface area (Å²) >= 11 is 0. The molecule has 0 aliphatic heterocycles. The van der Waals surface area contributed by atoms with Gasteiger partial charge in [0.25, 0.3) is 5.91 Å². The van der Waals surface area contributed by atoms with Crippen molar-refractivity contribution in [1.82, 2.24) is 4.90 Å². The Balaban J connectivity index is 2.86. The normalized spacial score (nSPS) is 10.1. The summed E-state index contributed by atoms with van der Waals surface area (Å²) in [6.07, 6.45) is 0. The van der Waals surface area contributed by atoms with Crippen molar-refractivity contribution in [2.45, 2.75) is 27.7 Å². The molecule has 0 radical (unpaired) electrons. The summed E-state index contributed by atoms with van der Waals surface area (Å²) in [7, 11) is 0. The van der Waals surface area contributed by atoms with E-state index in [4.69, 9.17) is 4.74 Å². The third-order valence-corrected chi connectivity index (χ3v) is 2.76. The van der Waals surface area contributed by atoms with Crippen LogP contribution in [0.5, 0.6) is 0 Å². The Kier molecular flexibility index (Phi) is 5.55. The maximum absolute atomic E-state index is 12.3. The molecular formula is C15H21NO3. The van der Waals surface area contributed by atoms with Crippen LogP contribution in [0.25, 0.3) is 0 Å².